The molecule has 208 valence electrons. The Kier molecular flexibility index (Phi) is 8.10. The fraction of sp³-hybridized carbons (Fsp3) is 0.355. The van der Waals surface area contributed by atoms with E-state index in [9.17, 15) is 18.5 Å². The number of benzene rings is 3. The van der Waals surface area contributed by atoms with Crippen molar-refractivity contribution in [1.29, 1.82) is 5.26 Å². The zero-order valence-corrected chi connectivity index (χ0v) is 23.6. The Bertz CT molecular complexity index is 1530. The van der Waals surface area contributed by atoms with Crippen LogP contribution in [0.15, 0.2) is 71.6 Å². The molecule has 2 fully saturated rings. The Morgan fingerprint density at radius 1 is 0.900 bits per heavy atom. The molecule has 8 nitrogen and oxygen atoms in total. The Morgan fingerprint density at radius 2 is 1.52 bits per heavy atom. The lowest BCUT2D eigenvalue weighted by Gasteiger charge is -2.37. The highest BCUT2D eigenvalue weighted by Gasteiger charge is 2.27. The van der Waals surface area contributed by atoms with Gasteiger partial charge in [0.25, 0.3) is 5.91 Å². The second kappa shape index (κ2) is 11.7. The number of anilines is 2. The van der Waals surface area contributed by atoms with Crippen molar-refractivity contribution in [3.63, 3.8) is 0 Å². The van der Waals surface area contributed by atoms with Crippen LogP contribution in [0.3, 0.4) is 0 Å². The van der Waals surface area contributed by atoms with Crippen LogP contribution in [0.25, 0.3) is 0 Å². The average molecular weight is 558 g/mol. The third-order valence-corrected chi connectivity index (χ3v) is 9.07. The largest absolute Gasteiger partial charge is 0.370 e. The van der Waals surface area contributed by atoms with E-state index in [1.807, 2.05) is 47.1 Å². The lowest BCUT2D eigenvalue weighted by molar-refractivity contribution is 0.0745. The van der Waals surface area contributed by atoms with Gasteiger partial charge < -0.3 is 14.7 Å². The first kappa shape index (κ1) is 27.7. The second-order valence-electron chi connectivity index (χ2n) is 10.7. The normalized spacial score (nSPS) is 16.6. The topological polar surface area (TPSA) is 111 Å². The van der Waals surface area contributed by atoms with Gasteiger partial charge in [-0.05, 0) is 73.6 Å². The van der Waals surface area contributed by atoms with Crippen LogP contribution >= 0.6 is 0 Å². The van der Waals surface area contributed by atoms with E-state index in [0.717, 1.165) is 54.7 Å². The molecule has 0 aliphatic carbocycles. The number of nitrogens with zero attached hydrogens (tertiary/aromatic N) is 4. The van der Waals surface area contributed by atoms with Crippen LogP contribution in [0, 0.1) is 24.2 Å². The molecule has 2 saturated heterocycles. The Balaban J connectivity index is 1.21. The van der Waals surface area contributed by atoms with E-state index in [1.165, 1.54) is 11.6 Å². The van der Waals surface area contributed by atoms with Gasteiger partial charge in [-0.25, -0.2) is 13.6 Å². The number of aryl methyl sites for hydroxylation is 1. The van der Waals surface area contributed by atoms with E-state index >= 15 is 0 Å². The maximum absolute atomic E-state index is 13.6. The lowest BCUT2D eigenvalue weighted by Crippen LogP contribution is -2.49. The number of amides is 1. The molecular formula is C31H35N5O3S. The molecule has 2 heterocycles. The molecule has 1 amide bonds. The number of hydrogen-bond acceptors (Lipinski definition) is 6. The monoisotopic (exact) mass is 557 g/mol. The van der Waals surface area contributed by atoms with Crippen LogP contribution < -0.4 is 14.9 Å². The van der Waals surface area contributed by atoms with Gasteiger partial charge in [0, 0.05) is 44.8 Å². The summed E-state index contributed by atoms with van der Waals surface area (Å²) in [6.07, 6.45) is 3.00. The van der Waals surface area contributed by atoms with E-state index in [2.05, 4.69) is 23.1 Å². The minimum atomic E-state index is -3.84. The molecule has 0 unspecified atom stereocenters. The molecule has 0 radical (unpaired) electrons. The predicted molar refractivity (Wildman–Crippen MR) is 157 cm³/mol. The molecule has 0 atom stereocenters. The summed E-state index contributed by atoms with van der Waals surface area (Å²) in [6.45, 7) is 5.88. The minimum Gasteiger partial charge on any atom is -0.370 e. The van der Waals surface area contributed by atoms with E-state index in [1.54, 1.807) is 18.2 Å². The molecule has 0 spiro atoms. The first-order valence-corrected chi connectivity index (χ1v) is 15.3. The Labute approximate surface area is 236 Å². The van der Waals surface area contributed by atoms with Crippen LogP contribution in [0.5, 0.6) is 0 Å². The van der Waals surface area contributed by atoms with Crippen molar-refractivity contribution in [2.45, 2.75) is 31.1 Å². The highest BCUT2D eigenvalue weighted by atomic mass is 32.2. The summed E-state index contributed by atoms with van der Waals surface area (Å²) < 4.78 is 24.1. The fourth-order valence-corrected chi connectivity index (χ4v) is 6.62. The van der Waals surface area contributed by atoms with Gasteiger partial charge in [0.15, 0.2) is 0 Å². The number of primary sulfonamides is 1. The molecule has 0 aromatic heterocycles. The zero-order chi connectivity index (χ0) is 28.3. The van der Waals surface area contributed by atoms with Crippen LogP contribution in [0.2, 0.25) is 0 Å². The maximum Gasteiger partial charge on any atom is 0.254 e. The van der Waals surface area contributed by atoms with Crippen molar-refractivity contribution in [3.05, 3.63) is 89.0 Å². The molecular weight excluding hydrogens is 522 g/mol. The molecule has 40 heavy (non-hydrogen) atoms. The zero-order valence-electron chi connectivity index (χ0n) is 22.8. The van der Waals surface area contributed by atoms with Gasteiger partial charge in [-0.3, -0.25) is 4.79 Å². The Morgan fingerprint density at radius 3 is 2.20 bits per heavy atom. The van der Waals surface area contributed by atoms with Crippen molar-refractivity contribution in [2.24, 2.45) is 11.1 Å². The summed E-state index contributed by atoms with van der Waals surface area (Å²) in [5, 5.41) is 14.9. The third-order valence-electron chi connectivity index (χ3n) is 8.12. The number of carbonyl (C=O) groups excluding carboxylic acids is 1. The van der Waals surface area contributed by atoms with E-state index in [0.29, 0.717) is 37.8 Å². The van der Waals surface area contributed by atoms with Crippen molar-refractivity contribution in [2.75, 3.05) is 49.1 Å². The Hall–Kier alpha value is -3.87. The molecule has 3 aromatic rings. The molecule has 3 aromatic carbocycles. The van der Waals surface area contributed by atoms with Gasteiger partial charge >= 0.3 is 0 Å². The quantitative estimate of drug-likeness (QED) is 0.492. The maximum atomic E-state index is 13.6. The molecule has 9 heteroatoms. The van der Waals surface area contributed by atoms with Crippen molar-refractivity contribution < 1.29 is 13.2 Å². The minimum absolute atomic E-state index is 0.0154. The van der Waals surface area contributed by atoms with Crippen molar-refractivity contribution >= 4 is 27.3 Å². The second-order valence-corrected chi connectivity index (χ2v) is 12.2. The number of carbonyl (C=O) groups is 1. The summed E-state index contributed by atoms with van der Waals surface area (Å²) in [7, 11) is -3.84. The molecule has 2 aliphatic rings. The molecule has 0 bridgehead atoms. The fourth-order valence-electron chi connectivity index (χ4n) is 5.86. The van der Waals surface area contributed by atoms with Gasteiger partial charge in [0.1, 0.15) is 11.0 Å². The summed E-state index contributed by atoms with van der Waals surface area (Å²) in [5.41, 5.74) is 5.18. The summed E-state index contributed by atoms with van der Waals surface area (Å²) in [5.74, 6) is 0.542. The van der Waals surface area contributed by atoms with Crippen LogP contribution in [0.4, 0.5) is 11.4 Å². The van der Waals surface area contributed by atoms with E-state index in [-0.39, 0.29) is 10.8 Å². The molecule has 2 N–H and O–H groups in total. The van der Waals surface area contributed by atoms with Gasteiger partial charge in [-0.15, -0.1) is 0 Å². The number of nitrogens with two attached hydrogens (primary N) is 1. The number of piperidine rings is 1. The standard InChI is InChI=1S/C31H35N5O3S/c1-23-10-11-25(20-24-12-14-34(15-13-24)28-7-3-2-6-26(28)22-32)21-27(23)31(37)36-18-16-35(17-19-36)29-8-4-5-9-30(29)40(33,38)39/h2-11,21,24H,12-20H2,1H3,(H2,33,38,39). The number of sulfonamides is 1. The number of piperazine rings is 1. The highest BCUT2D eigenvalue weighted by molar-refractivity contribution is 7.89. The number of hydrogen-bond donors (Lipinski definition) is 1. The van der Waals surface area contributed by atoms with Gasteiger partial charge in [-0.1, -0.05) is 36.4 Å². The molecule has 0 saturated carbocycles. The smallest absolute Gasteiger partial charge is 0.254 e. The predicted octanol–water partition coefficient (Wildman–Crippen LogP) is 3.94. The number of rotatable bonds is 6. The van der Waals surface area contributed by atoms with Crippen LogP contribution in [0.1, 0.15) is 39.9 Å². The van der Waals surface area contributed by atoms with Crippen molar-refractivity contribution in [3.8, 4) is 6.07 Å². The van der Waals surface area contributed by atoms with Crippen LogP contribution in [-0.2, 0) is 16.4 Å². The van der Waals surface area contributed by atoms with Crippen molar-refractivity contribution in [1.82, 2.24) is 4.90 Å². The van der Waals surface area contributed by atoms with E-state index in [4.69, 9.17) is 5.14 Å². The third kappa shape index (κ3) is 5.98. The highest BCUT2D eigenvalue weighted by Crippen LogP contribution is 2.29. The SMILES string of the molecule is Cc1ccc(CC2CCN(c3ccccc3C#N)CC2)cc1C(=O)N1CCN(c2ccccc2S(N)(=O)=O)CC1. The summed E-state index contributed by atoms with van der Waals surface area (Å²) in [4.78, 5) is 19.8. The lowest BCUT2D eigenvalue weighted by atomic mass is 9.88. The molecule has 2 aliphatic heterocycles. The van der Waals surface area contributed by atoms with Gasteiger partial charge in [-0.2, -0.15) is 5.26 Å². The average Bonchev–Trinajstić information content (AvgIpc) is 2.98. The first-order chi connectivity index (χ1) is 19.2. The summed E-state index contributed by atoms with van der Waals surface area (Å²) in [6, 6.07) is 23.0. The first-order valence-electron chi connectivity index (χ1n) is 13.7. The van der Waals surface area contributed by atoms with Crippen LogP contribution in [-0.4, -0.2) is 58.5 Å². The van der Waals surface area contributed by atoms with E-state index < -0.39 is 10.0 Å². The number of nitriles is 1. The molecule has 5 rings (SSSR count). The van der Waals surface area contributed by atoms with Gasteiger partial charge in [0.05, 0.1) is 16.9 Å². The summed E-state index contributed by atoms with van der Waals surface area (Å²) >= 11 is 0. The number of para-hydroxylation sites is 2. The van der Waals surface area contributed by atoms with Gasteiger partial charge in [0.2, 0.25) is 10.0 Å².